The van der Waals surface area contributed by atoms with Gasteiger partial charge in [-0.15, -0.1) is 0 Å². The van der Waals surface area contributed by atoms with Crippen LogP contribution >= 0.6 is 11.6 Å². The predicted molar refractivity (Wildman–Crippen MR) is 102 cm³/mol. The van der Waals surface area contributed by atoms with Gasteiger partial charge in [0.25, 0.3) is 5.91 Å². The number of aromatic nitrogens is 4. The molecule has 0 saturated carbocycles. The van der Waals surface area contributed by atoms with E-state index in [2.05, 4.69) is 15.5 Å². The summed E-state index contributed by atoms with van der Waals surface area (Å²) in [5.41, 5.74) is 1.07. The third kappa shape index (κ3) is 3.99. The molecular formula is C18H18ClN5O4. The number of halogens is 1. The molecule has 0 saturated heterocycles. The Labute approximate surface area is 165 Å². The van der Waals surface area contributed by atoms with E-state index >= 15 is 0 Å². The molecule has 0 radical (unpaired) electrons. The molecule has 3 rings (SSSR count). The van der Waals surface area contributed by atoms with Crippen LogP contribution in [0, 0.1) is 6.92 Å². The third-order valence-electron chi connectivity index (χ3n) is 3.90. The van der Waals surface area contributed by atoms with Gasteiger partial charge in [0.1, 0.15) is 5.75 Å². The normalized spacial score (nSPS) is 10.6. The summed E-state index contributed by atoms with van der Waals surface area (Å²) < 4.78 is 13.1. The van der Waals surface area contributed by atoms with Crippen LogP contribution < -0.4 is 10.1 Å². The Morgan fingerprint density at radius 2 is 1.96 bits per heavy atom. The van der Waals surface area contributed by atoms with Crippen LogP contribution in [-0.4, -0.2) is 38.5 Å². The molecule has 0 fully saturated rings. The molecule has 3 aromatic rings. The number of nitrogens with zero attached hydrogens (tertiary/aromatic N) is 4. The van der Waals surface area contributed by atoms with Crippen LogP contribution in [0.4, 0.5) is 5.69 Å². The minimum Gasteiger partial charge on any atom is -0.470 e. The Morgan fingerprint density at radius 1 is 1.21 bits per heavy atom. The van der Waals surface area contributed by atoms with E-state index in [4.69, 9.17) is 21.1 Å². The highest BCUT2D eigenvalue weighted by Crippen LogP contribution is 2.23. The Hall–Kier alpha value is -3.33. The number of methoxy groups -OCH3 is 1. The maximum atomic E-state index is 12.5. The van der Waals surface area contributed by atoms with E-state index in [1.165, 1.54) is 22.5 Å². The standard InChI is InChI=1S/C18H18ClN5O4/c1-11-15(16(18(26)27-3)23(2)21-11)20-17(25)13-8-9-24(22-13)10-28-14-7-5-4-6-12(14)19/h4-9H,10H2,1-3H3,(H,20,25). The van der Waals surface area contributed by atoms with Crippen molar-refractivity contribution in [1.29, 1.82) is 0 Å². The van der Waals surface area contributed by atoms with Crippen molar-refractivity contribution in [2.45, 2.75) is 13.7 Å². The predicted octanol–water partition coefficient (Wildman–Crippen LogP) is 2.65. The number of hydrogen-bond acceptors (Lipinski definition) is 6. The number of ether oxygens (including phenoxy) is 2. The quantitative estimate of drug-likeness (QED) is 0.635. The summed E-state index contributed by atoms with van der Waals surface area (Å²) >= 11 is 6.04. The lowest BCUT2D eigenvalue weighted by Crippen LogP contribution is -2.18. The van der Waals surface area contributed by atoms with Crippen LogP contribution in [0.2, 0.25) is 5.02 Å². The number of carbonyl (C=O) groups excluding carboxylic acids is 2. The Bertz CT molecular complexity index is 1030. The van der Waals surface area contributed by atoms with Crippen LogP contribution in [0.15, 0.2) is 36.5 Å². The number of amides is 1. The van der Waals surface area contributed by atoms with Gasteiger partial charge in [0.15, 0.2) is 18.1 Å². The zero-order valence-electron chi connectivity index (χ0n) is 15.5. The molecule has 28 heavy (non-hydrogen) atoms. The van der Waals surface area contributed by atoms with Crippen molar-refractivity contribution >= 4 is 29.2 Å². The number of para-hydroxylation sites is 1. The number of aryl methyl sites for hydroxylation is 2. The highest BCUT2D eigenvalue weighted by Gasteiger charge is 2.23. The van der Waals surface area contributed by atoms with Gasteiger partial charge in [-0.3, -0.25) is 9.48 Å². The molecule has 0 atom stereocenters. The molecule has 0 aliphatic rings. The number of hydrogen-bond donors (Lipinski definition) is 1. The first kappa shape index (κ1) is 19.4. The highest BCUT2D eigenvalue weighted by atomic mass is 35.5. The van der Waals surface area contributed by atoms with E-state index in [1.807, 2.05) is 0 Å². The Balaban J connectivity index is 1.71. The number of carbonyl (C=O) groups is 2. The fraction of sp³-hybridized carbons (Fsp3) is 0.222. The Kier molecular flexibility index (Phi) is 5.65. The van der Waals surface area contributed by atoms with E-state index in [0.717, 1.165) is 0 Å². The molecule has 0 aliphatic heterocycles. The Morgan fingerprint density at radius 3 is 2.68 bits per heavy atom. The second kappa shape index (κ2) is 8.13. The van der Waals surface area contributed by atoms with E-state index in [1.54, 1.807) is 44.4 Å². The molecule has 146 valence electrons. The van der Waals surface area contributed by atoms with Crippen LogP contribution in [0.1, 0.15) is 26.7 Å². The smallest absolute Gasteiger partial charge is 0.358 e. The fourth-order valence-electron chi connectivity index (χ4n) is 2.57. The zero-order valence-corrected chi connectivity index (χ0v) is 16.2. The molecule has 1 amide bonds. The summed E-state index contributed by atoms with van der Waals surface area (Å²) in [6, 6.07) is 8.59. The van der Waals surface area contributed by atoms with Gasteiger partial charge in [0, 0.05) is 13.2 Å². The van der Waals surface area contributed by atoms with Gasteiger partial charge in [-0.05, 0) is 25.1 Å². The van der Waals surface area contributed by atoms with Gasteiger partial charge >= 0.3 is 5.97 Å². The largest absolute Gasteiger partial charge is 0.470 e. The van der Waals surface area contributed by atoms with E-state index < -0.39 is 11.9 Å². The molecular weight excluding hydrogens is 386 g/mol. The molecule has 10 heteroatoms. The zero-order chi connectivity index (χ0) is 20.3. The first-order valence-corrected chi connectivity index (χ1v) is 8.62. The van der Waals surface area contributed by atoms with Gasteiger partial charge in [-0.25, -0.2) is 9.48 Å². The summed E-state index contributed by atoms with van der Waals surface area (Å²) in [6.45, 7) is 1.76. The van der Waals surface area contributed by atoms with Crippen LogP contribution in [0.25, 0.3) is 0 Å². The van der Waals surface area contributed by atoms with Crippen LogP contribution in [0.5, 0.6) is 5.75 Å². The van der Waals surface area contributed by atoms with Gasteiger partial charge in [0.05, 0.1) is 23.5 Å². The van der Waals surface area contributed by atoms with Gasteiger partial charge in [0.2, 0.25) is 0 Å². The lowest BCUT2D eigenvalue weighted by molar-refractivity contribution is 0.0589. The first-order valence-electron chi connectivity index (χ1n) is 8.24. The molecule has 1 N–H and O–H groups in total. The van der Waals surface area contributed by atoms with Crippen molar-refractivity contribution in [3.8, 4) is 5.75 Å². The molecule has 1 aromatic carbocycles. The molecule has 2 aromatic heterocycles. The molecule has 0 spiro atoms. The summed E-state index contributed by atoms with van der Waals surface area (Å²) in [6.07, 6.45) is 1.60. The summed E-state index contributed by atoms with van der Waals surface area (Å²) in [4.78, 5) is 24.5. The first-order chi connectivity index (χ1) is 13.4. The van der Waals surface area contributed by atoms with Crippen molar-refractivity contribution in [2.24, 2.45) is 7.05 Å². The van der Waals surface area contributed by atoms with Gasteiger partial charge in [-0.2, -0.15) is 10.2 Å². The van der Waals surface area contributed by atoms with Crippen molar-refractivity contribution in [2.75, 3.05) is 12.4 Å². The second-order valence-electron chi connectivity index (χ2n) is 5.82. The van der Waals surface area contributed by atoms with E-state index in [9.17, 15) is 9.59 Å². The minimum absolute atomic E-state index is 0.0797. The molecule has 0 aliphatic carbocycles. The average Bonchev–Trinajstić information content (AvgIpc) is 3.25. The molecule has 2 heterocycles. The van der Waals surface area contributed by atoms with Gasteiger partial charge < -0.3 is 14.8 Å². The van der Waals surface area contributed by atoms with Crippen molar-refractivity contribution in [1.82, 2.24) is 19.6 Å². The number of esters is 1. The maximum absolute atomic E-state index is 12.5. The van der Waals surface area contributed by atoms with Crippen LogP contribution in [-0.2, 0) is 18.5 Å². The summed E-state index contributed by atoms with van der Waals surface area (Å²) in [5, 5.41) is 11.5. The molecule has 9 nitrogen and oxygen atoms in total. The monoisotopic (exact) mass is 403 g/mol. The summed E-state index contributed by atoms with van der Waals surface area (Å²) in [5.74, 6) is -0.575. The average molecular weight is 404 g/mol. The highest BCUT2D eigenvalue weighted by molar-refractivity contribution is 6.32. The SMILES string of the molecule is COC(=O)c1c(NC(=O)c2ccn(COc3ccccc3Cl)n2)c(C)nn1C. The molecule has 0 unspecified atom stereocenters. The molecule has 0 bridgehead atoms. The lowest BCUT2D eigenvalue weighted by Gasteiger charge is -2.08. The van der Waals surface area contributed by atoms with Crippen molar-refractivity contribution in [3.05, 3.63) is 58.6 Å². The van der Waals surface area contributed by atoms with E-state index in [-0.39, 0.29) is 23.8 Å². The van der Waals surface area contributed by atoms with Gasteiger partial charge in [-0.1, -0.05) is 23.7 Å². The fourth-order valence-corrected chi connectivity index (χ4v) is 2.76. The third-order valence-corrected chi connectivity index (χ3v) is 4.21. The number of anilines is 1. The number of rotatable bonds is 6. The van der Waals surface area contributed by atoms with Crippen LogP contribution in [0.3, 0.4) is 0 Å². The van der Waals surface area contributed by atoms with E-state index in [0.29, 0.717) is 16.5 Å². The topological polar surface area (TPSA) is 100 Å². The lowest BCUT2D eigenvalue weighted by atomic mass is 10.2. The second-order valence-corrected chi connectivity index (χ2v) is 6.23. The van der Waals surface area contributed by atoms with Crippen molar-refractivity contribution in [3.63, 3.8) is 0 Å². The number of nitrogens with one attached hydrogen (secondary N) is 1. The maximum Gasteiger partial charge on any atom is 0.358 e. The van der Waals surface area contributed by atoms with Crippen molar-refractivity contribution < 1.29 is 19.1 Å². The summed E-state index contributed by atoms with van der Waals surface area (Å²) in [7, 11) is 2.85. The number of benzene rings is 1. The minimum atomic E-state index is -0.600.